The zero-order valence-electron chi connectivity index (χ0n) is 15.3. The number of aryl methyl sites for hydroxylation is 2. The predicted octanol–water partition coefficient (Wildman–Crippen LogP) is 5.31. The first-order valence-electron chi connectivity index (χ1n) is 8.97. The number of hydrogen-bond donors (Lipinski definition) is 2. The Morgan fingerprint density at radius 2 is 1.48 bits per heavy atom. The van der Waals surface area contributed by atoms with Crippen molar-refractivity contribution in [1.29, 1.82) is 0 Å². The Balaban J connectivity index is 1.55. The minimum Gasteiger partial charge on any atom is -0.497 e. The van der Waals surface area contributed by atoms with Gasteiger partial charge in [0.25, 0.3) is 0 Å². The van der Waals surface area contributed by atoms with Gasteiger partial charge >= 0.3 is 5.97 Å². The second-order valence-electron chi connectivity index (χ2n) is 6.37. The molecule has 0 unspecified atom stereocenters. The summed E-state index contributed by atoms with van der Waals surface area (Å²) in [5.41, 5.74) is 4.31. The summed E-state index contributed by atoms with van der Waals surface area (Å²) in [5.74, 6) is -0.0560. The van der Waals surface area contributed by atoms with Gasteiger partial charge in [-0.1, -0.05) is 36.4 Å². The van der Waals surface area contributed by atoms with Crippen molar-refractivity contribution in [2.24, 2.45) is 0 Å². The number of methoxy groups -OCH3 is 1. The average Bonchev–Trinajstić information content (AvgIpc) is 2.70. The molecule has 0 aliphatic carbocycles. The summed E-state index contributed by atoms with van der Waals surface area (Å²) in [6, 6.07) is 23.2. The Labute approximate surface area is 159 Å². The number of hydrogen-bond acceptors (Lipinski definition) is 3. The molecule has 0 radical (unpaired) electrons. The van der Waals surface area contributed by atoms with Gasteiger partial charge in [0.2, 0.25) is 0 Å². The Bertz CT molecular complexity index is 886. The molecule has 27 heavy (non-hydrogen) atoms. The lowest BCUT2D eigenvalue weighted by Gasteiger charge is -2.10. The van der Waals surface area contributed by atoms with Crippen molar-refractivity contribution in [2.45, 2.75) is 19.3 Å². The molecule has 0 amide bonds. The molecule has 4 nitrogen and oxygen atoms in total. The minimum atomic E-state index is -0.937. The first kappa shape index (κ1) is 18.5. The molecule has 2 N–H and O–H groups in total. The molecule has 3 aromatic rings. The van der Waals surface area contributed by atoms with E-state index in [-0.39, 0.29) is 5.56 Å². The maximum absolute atomic E-state index is 11.3. The highest BCUT2D eigenvalue weighted by molar-refractivity contribution is 5.95. The van der Waals surface area contributed by atoms with Gasteiger partial charge in [0.05, 0.1) is 18.4 Å². The molecular weight excluding hydrogens is 338 g/mol. The number of para-hydroxylation sites is 1. The van der Waals surface area contributed by atoms with Crippen LogP contribution in [0.5, 0.6) is 5.75 Å². The van der Waals surface area contributed by atoms with Crippen LogP contribution in [0.2, 0.25) is 0 Å². The van der Waals surface area contributed by atoms with E-state index >= 15 is 0 Å². The number of rotatable bonds is 8. The van der Waals surface area contributed by atoms with Crippen LogP contribution in [0.25, 0.3) is 0 Å². The summed E-state index contributed by atoms with van der Waals surface area (Å²) in [7, 11) is 1.67. The standard InChI is InChI=1S/C23H23NO3/c1-27-20-15-11-18(12-16-20)6-4-5-17-9-13-19(14-10-17)24-22-8-3-2-7-21(22)23(25)26/h2-3,7-16,24H,4-6H2,1H3,(H,25,26). The van der Waals surface area contributed by atoms with Gasteiger partial charge in [0.15, 0.2) is 0 Å². The summed E-state index contributed by atoms with van der Waals surface area (Å²) in [6.07, 6.45) is 3.09. The van der Waals surface area contributed by atoms with Crippen molar-refractivity contribution in [2.75, 3.05) is 12.4 Å². The highest BCUT2D eigenvalue weighted by Crippen LogP contribution is 2.22. The molecule has 0 aliphatic heterocycles. The van der Waals surface area contributed by atoms with Gasteiger partial charge in [0, 0.05) is 5.69 Å². The highest BCUT2D eigenvalue weighted by Gasteiger charge is 2.08. The molecule has 0 fully saturated rings. The van der Waals surface area contributed by atoms with E-state index in [0.29, 0.717) is 5.69 Å². The quantitative estimate of drug-likeness (QED) is 0.571. The van der Waals surface area contributed by atoms with Crippen LogP contribution >= 0.6 is 0 Å². The van der Waals surface area contributed by atoms with E-state index in [4.69, 9.17) is 4.74 Å². The number of carboxylic acids is 1. The zero-order valence-corrected chi connectivity index (χ0v) is 15.3. The molecule has 138 valence electrons. The van der Waals surface area contributed by atoms with Gasteiger partial charge in [0.1, 0.15) is 5.75 Å². The molecule has 0 aliphatic rings. The van der Waals surface area contributed by atoms with E-state index in [1.165, 1.54) is 11.1 Å². The van der Waals surface area contributed by atoms with Crippen molar-refractivity contribution < 1.29 is 14.6 Å². The maximum atomic E-state index is 11.3. The topological polar surface area (TPSA) is 58.6 Å². The molecule has 0 saturated heterocycles. The van der Waals surface area contributed by atoms with Crippen molar-refractivity contribution in [1.82, 2.24) is 0 Å². The summed E-state index contributed by atoms with van der Waals surface area (Å²) < 4.78 is 5.18. The van der Waals surface area contributed by atoms with Crippen molar-refractivity contribution in [3.05, 3.63) is 89.5 Å². The Morgan fingerprint density at radius 3 is 2.07 bits per heavy atom. The van der Waals surface area contributed by atoms with Gasteiger partial charge in [-0.25, -0.2) is 4.79 Å². The van der Waals surface area contributed by atoms with Gasteiger partial charge in [-0.3, -0.25) is 0 Å². The highest BCUT2D eigenvalue weighted by atomic mass is 16.5. The number of aromatic carboxylic acids is 1. The van der Waals surface area contributed by atoms with Gasteiger partial charge < -0.3 is 15.2 Å². The summed E-state index contributed by atoms with van der Waals surface area (Å²) >= 11 is 0. The fraction of sp³-hybridized carbons (Fsp3) is 0.174. The molecule has 4 heteroatoms. The van der Waals surface area contributed by atoms with Gasteiger partial charge in [-0.05, 0) is 66.8 Å². The Kier molecular flexibility index (Phi) is 6.10. The van der Waals surface area contributed by atoms with E-state index in [1.807, 2.05) is 30.3 Å². The molecule has 3 aromatic carbocycles. The van der Waals surface area contributed by atoms with E-state index in [0.717, 1.165) is 30.7 Å². The number of benzene rings is 3. The van der Waals surface area contributed by atoms with Gasteiger partial charge in [-0.2, -0.15) is 0 Å². The van der Waals surface area contributed by atoms with Crippen LogP contribution in [0.15, 0.2) is 72.8 Å². The van der Waals surface area contributed by atoms with E-state index < -0.39 is 5.97 Å². The van der Waals surface area contributed by atoms with Crippen LogP contribution in [0, 0.1) is 0 Å². The lowest BCUT2D eigenvalue weighted by molar-refractivity contribution is 0.0698. The SMILES string of the molecule is COc1ccc(CCCc2ccc(Nc3ccccc3C(=O)O)cc2)cc1. The van der Waals surface area contributed by atoms with Gasteiger partial charge in [-0.15, -0.1) is 0 Å². The third-order valence-corrected chi connectivity index (χ3v) is 4.48. The minimum absolute atomic E-state index is 0.265. The Morgan fingerprint density at radius 1 is 0.889 bits per heavy atom. The monoisotopic (exact) mass is 361 g/mol. The van der Waals surface area contributed by atoms with Crippen LogP contribution in [-0.2, 0) is 12.8 Å². The molecular formula is C23H23NO3. The van der Waals surface area contributed by atoms with Crippen LogP contribution in [0.4, 0.5) is 11.4 Å². The molecule has 0 heterocycles. The van der Waals surface area contributed by atoms with Crippen LogP contribution in [-0.4, -0.2) is 18.2 Å². The second-order valence-corrected chi connectivity index (χ2v) is 6.37. The third kappa shape index (κ3) is 5.11. The zero-order chi connectivity index (χ0) is 19.1. The van der Waals surface area contributed by atoms with E-state index in [9.17, 15) is 9.90 Å². The number of ether oxygens (including phenoxy) is 1. The molecule has 0 atom stereocenters. The largest absolute Gasteiger partial charge is 0.497 e. The fourth-order valence-electron chi connectivity index (χ4n) is 2.98. The number of carbonyl (C=O) groups is 1. The predicted molar refractivity (Wildman–Crippen MR) is 108 cm³/mol. The van der Waals surface area contributed by atoms with Crippen LogP contribution in [0.1, 0.15) is 27.9 Å². The molecule has 0 aromatic heterocycles. The fourth-order valence-corrected chi connectivity index (χ4v) is 2.98. The third-order valence-electron chi connectivity index (χ3n) is 4.48. The Hall–Kier alpha value is -3.27. The lowest BCUT2D eigenvalue weighted by atomic mass is 10.0. The lowest BCUT2D eigenvalue weighted by Crippen LogP contribution is -2.02. The van der Waals surface area contributed by atoms with Crippen molar-refractivity contribution in [3.8, 4) is 5.75 Å². The van der Waals surface area contributed by atoms with E-state index in [1.54, 1.807) is 25.3 Å². The normalized spacial score (nSPS) is 10.4. The van der Waals surface area contributed by atoms with Crippen LogP contribution < -0.4 is 10.1 Å². The summed E-state index contributed by atoms with van der Waals surface area (Å²) in [6.45, 7) is 0. The smallest absolute Gasteiger partial charge is 0.337 e. The summed E-state index contributed by atoms with van der Waals surface area (Å²) in [4.78, 5) is 11.3. The first-order chi connectivity index (χ1) is 13.2. The van der Waals surface area contributed by atoms with Crippen molar-refractivity contribution >= 4 is 17.3 Å². The second kappa shape index (κ2) is 8.90. The molecule has 3 rings (SSSR count). The number of anilines is 2. The summed E-state index contributed by atoms with van der Waals surface area (Å²) in [5, 5.41) is 12.4. The molecule has 0 bridgehead atoms. The van der Waals surface area contributed by atoms with E-state index in [2.05, 4.69) is 29.6 Å². The van der Waals surface area contributed by atoms with Crippen LogP contribution in [0.3, 0.4) is 0 Å². The van der Waals surface area contributed by atoms with Crippen molar-refractivity contribution in [3.63, 3.8) is 0 Å². The molecule has 0 spiro atoms. The average molecular weight is 361 g/mol. The first-order valence-corrected chi connectivity index (χ1v) is 8.97. The number of carboxylic acid groups (broad SMARTS) is 1. The maximum Gasteiger partial charge on any atom is 0.337 e. The number of nitrogens with one attached hydrogen (secondary N) is 1. The molecule has 0 saturated carbocycles.